The number of Topliss-reactive ketones (excluding diaryl/α,β-unsaturated/α-hetero) is 1. The van der Waals surface area contributed by atoms with Crippen LogP contribution in [0, 0.1) is 25.2 Å². The Hall–Kier alpha value is -3.39. The minimum Gasteiger partial charge on any atom is -0.450 e. The maximum absolute atomic E-state index is 12.6. The number of ether oxygens (including phenoxy) is 1. The molecule has 0 unspecified atom stereocenters. The second kappa shape index (κ2) is 9.01. The molecule has 0 bridgehead atoms. The second-order valence-corrected chi connectivity index (χ2v) is 6.89. The number of benzene rings is 2. The number of rotatable bonds is 6. The van der Waals surface area contributed by atoms with Gasteiger partial charge in [-0.25, -0.2) is 4.79 Å². The Kier molecular flexibility index (Phi) is 6.73. The average molecular weight is 376 g/mol. The van der Waals surface area contributed by atoms with Gasteiger partial charge < -0.3 is 9.64 Å². The first-order valence-corrected chi connectivity index (χ1v) is 8.94. The Morgan fingerprint density at radius 1 is 1.11 bits per heavy atom. The van der Waals surface area contributed by atoms with Crippen LogP contribution in [0.2, 0.25) is 0 Å². The van der Waals surface area contributed by atoms with Crippen molar-refractivity contribution in [2.45, 2.75) is 26.9 Å². The molecule has 5 nitrogen and oxygen atoms in total. The summed E-state index contributed by atoms with van der Waals surface area (Å²) in [6, 6.07) is 14.8. The Bertz CT molecular complexity index is 951. The molecule has 0 aromatic heterocycles. The zero-order chi connectivity index (χ0) is 20.8. The molecular weight excluding hydrogens is 352 g/mol. The SMILES string of the molecule is Cc1ccc(C)c(C(=O)[C@H](C)OC(=O)/C(C#N)=C/c2ccc(N(C)C)cc2)c1. The summed E-state index contributed by atoms with van der Waals surface area (Å²) in [7, 11) is 3.86. The van der Waals surface area contributed by atoms with E-state index in [1.807, 2.05) is 75.3 Å². The van der Waals surface area contributed by atoms with Gasteiger partial charge in [-0.1, -0.05) is 29.8 Å². The summed E-state index contributed by atoms with van der Waals surface area (Å²) in [5.41, 5.74) is 3.83. The standard InChI is InChI=1S/C23H24N2O3/c1-15-6-7-16(2)21(12-15)22(26)17(3)28-23(27)19(14-24)13-18-8-10-20(11-9-18)25(4)5/h6-13,17H,1-5H3/b19-13+/t17-/m0/s1. The van der Waals surface area contributed by atoms with Gasteiger partial charge in [0.05, 0.1) is 0 Å². The molecule has 0 aliphatic rings. The number of nitriles is 1. The molecule has 0 radical (unpaired) electrons. The van der Waals surface area contributed by atoms with Gasteiger partial charge in [-0.15, -0.1) is 0 Å². The molecule has 0 spiro atoms. The molecular formula is C23H24N2O3. The summed E-state index contributed by atoms with van der Waals surface area (Å²) in [4.78, 5) is 27.0. The van der Waals surface area contributed by atoms with Crippen LogP contribution in [-0.2, 0) is 9.53 Å². The van der Waals surface area contributed by atoms with Crippen molar-refractivity contribution in [1.82, 2.24) is 0 Å². The Morgan fingerprint density at radius 3 is 2.32 bits per heavy atom. The molecule has 0 heterocycles. The predicted octanol–water partition coefficient (Wildman–Crippen LogP) is 4.09. The van der Waals surface area contributed by atoms with E-state index in [1.165, 1.54) is 13.0 Å². The van der Waals surface area contributed by atoms with Gasteiger partial charge in [0.2, 0.25) is 5.78 Å². The lowest BCUT2D eigenvalue weighted by atomic mass is 9.99. The highest BCUT2D eigenvalue weighted by molar-refractivity contribution is 6.04. The minimum absolute atomic E-state index is 0.154. The molecule has 2 aromatic carbocycles. The minimum atomic E-state index is -0.985. The maximum atomic E-state index is 12.6. The van der Waals surface area contributed by atoms with E-state index in [0.29, 0.717) is 11.1 Å². The molecule has 0 N–H and O–H groups in total. The molecule has 0 amide bonds. The van der Waals surface area contributed by atoms with E-state index in [-0.39, 0.29) is 11.4 Å². The van der Waals surface area contributed by atoms with Crippen molar-refractivity contribution in [3.05, 3.63) is 70.3 Å². The molecule has 28 heavy (non-hydrogen) atoms. The average Bonchev–Trinajstić information content (AvgIpc) is 2.67. The predicted molar refractivity (Wildman–Crippen MR) is 110 cm³/mol. The van der Waals surface area contributed by atoms with E-state index in [9.17, 15) is 14.9 Å². The number of nitrogens with zero attached hydrogens (tertiary/aromatic N) is 2. The monoisotopic (exact) mass is 376 g/mol. The third-order valence-electron chi connectivity index (χ3n) is 4.37. The Labute approximate surface area is 165 Å². The largest absolute Gasteiger partial charge is 0.450 e. The van der Waals surface area contributed by atoms with Gasteiger partial charge >= 0.3 is 5.97 Å². The first-order chi connectivity index (χ1) is 13.2. The van der Waals surface area contributed by atoms with Gasteiger partial charge in [0.25, 0.3) is 0 Å². The lowest BCUT2D eigenvalue weighted by Gasteiger charge is -2.14. The van der Waals surface area contributed by atoms with Crippen LogP contribution in [0.4, 0.5) is 5.69 Å². The summed E-state index contributed by atoms with van der Waals surface area (Å²) >= 11 is 0. The highest BCUT2D eigenvalue weighted by Gasteiger charge is 2.23. The van der Waals surface area contributed by atoms with Gasteiger partial charge in [0.15, 0.2) is 6.10 Å². The second-order valence-electron chi connectivity index (χ2n) is 6.89. The van der Waals surface area contributed by atoms with Crippen molar-refractivity contribution in [2.24, 2.45) is 0 Å². The van der Waals surface area contributed by atoms with Crippen molar-refractivity contribution in [3.63, 3.8) is 0 Å². The maximum Gasteiger partial charge on any atom is 0.349 e. The number of carbonyl (C=O) groups excluding carboxylic acids is 2. The fourth-order valence-corrected chi connectivity index (χ4v) is 2.67. The summed E-state index contributed by atoms with van der Waals surface area (Å²) in [6.45, 7) is 5.24. The van der Waals surface area contributed by atoms with E-state index < -0.39 is 12.1 Å². The number of esters is 1. The number of hydrogen-bond acceptors (Lipinski definition) is 5. The Morgan fingerprint density at radius 2 is 1.75 bits per heavy atom. The third-order valence-corrected chi connectivity index (χ3v) is 4.37. The molecule has 2 rings (SSSR count). The van der Waals surface area contributed by atoms with Crippen LogP contribution in [-0.4, -0.2) is 32.0 Å². The van der Waals surface area contributed by atoms with Crippen LogP contribution in [0.3, 0.4) is 0 Å². The Balaban J connectivity index is 2.15. The molecule has 144 valence electrons. The fraction of sp³-hybridized carbons (Fsp3) is 0.261. The lowest BCUT2D eigenvalue weighted by Crippen LogP contribution is -2.25. The molecule has 0 saturated carbocycles. The topological polar surface area (TPSA) is 70.4 Å². The molecule has 1 atom stereocenters. The molecule has 0 aliphatic heterocycles. The van der Waals surface area contributed by atoms with E-state index in [1.54, 1.807) is 6.07 Å². The van der Waals surface area contributed by atoms with E-state index in [4.69, 9.17) is 4.74 Å². The molecule has 2 aromatic rings. The summed E-state index contributed by atoms with van der Waals surface area (Å²) in [6.07, 6.45) is 0.470. The summed E-state index contributed by atoms with van der Waals surface area (Å²) in [5.74, 6) is -1.10. The highest BCUT2D eigenvalue weighted by Crippen LogP contribution is 2.17. The number of aryl methyl sites for hydroxylation is 2. The van der Waals surface area contributed by atoms with Gasteiger partial charge in [0, 0.05) is 25.3 Å². The van der Waals surface area contributed by atoms with Crippen molar-refractivity contribution >= 4 is 23.5 Å². The van der Waals surface area contributed by atoms with Crippen molar-refractivity contribution in [1.29, 1.82) is 5.26 Å². The zero-order valence-corrected chi connectivity index (χ0v) is 16.8. The van der Waals surface area contributed by atoms with Crippen molar-refractivity contribution in [3.8, 4) is 6.07 Å². The van der Waals surface area contributed by atoms with Crippen molar-refractivity contribution in [2.75, 3.05) is 19.0 Å². The van der Waals surface area contributed by atoms with Gasteiger partial charge in [-0.05, 0) is 56.2 Å². The van der Waals surface area contributed by atoms with Crippen LogP contribution >= 0.6 is 0 Å². The molecule has 0 aliphatic carbocycles. The quantitative estimate of drug-likeness (QED) is 0.329. The summed E-state index contributed by atoms with van der Waals surface area (Å²) < 4.78 is 5.26. The van der Waals surface area contributed by atoms with Crippen LogP contribution in [0.25, 0.3) is 6.08 Å². The van der Waals surface area contributed by atoms with Gasteiger partial charge in [-0.3, -0.25) is 4.79 Å². The fourth-order valence-electron chi connectivity index (χ4n) is 2.67. The van der Waals surface area contributed by atoms with Crippen LogP contribution < -0.4 is 4.90 Å². The van der Waals surface area contributed by atoms with Crippen LogP contribution in [0.5, 0.6) is 0 Å². The molecule has 5 heteroatoms. The number of ketones is 1. The van der Waals surface area contributed by atoms with Crippen molar-refractivity contribution < 1.29 is 14.3 Å². The number of hydrogen-bond donors (Lipinski definition) is 0. The molecule has 0 fully saturated rings. The normalized spacial score (nSPS) is 12.1. The third kappa shape index (κ3) is 5.08. The zero-order valence-electron chi connectivity index (χ0n) is 16.8. The van der Waals surface area contributed by atoms with E-state index >= 15 is 0 Å². The van der Waals surface area contributed by atoms with Crippen LogP contribution in [0.1, 0.15) is 34.0 Å². The lowest BCUT2D eigenvalue weighted by molar-refractivity contribution is -0.141. The number of anilines is 1. The number of carbonyl (C=O) groups is 2. The van der Waals surface area contributed by atoms with Gasteiger partial charge in [-0.2, -0.15) is 5.26 Å². The van der Waals surface area contributed by atoms with Gasteiger partial charge in [0.1, 0.15) is 11.6 Å². The van der Waals surface area contributed by atoms with E-state index in [2.05, 4.69) is 0 Å². The van der Waals surface area contributed by atoms with Crippen LogP contribution in [0.15, 0.2) is 48.0 Å². The van der Waals surface area contributed by atoms with E-state index in [0.717, 1.165) is 16.8 Å². The first-order valence-electron chi connectivity index (χ1n) is 8.94. The smallest absolute Gasteiger partial charge is 0.349 e. The highest BCUT2D eigenvalue weighted by atomic mass is 16.5. The summed E-state index contributed by atoms with van der Waals surface area (Å²) in [5, 5.41) is 9.34. The first kappa shape index (κ1) is 20.9. The molecule has 0 saturated heterocycles.